The first-order chi connectivity index (χ1) is 12.6. The predicted molar refractivity (Wildman–Crippen MR) is 98.0 cm³/mol. The van der Waals surface area contributed by atoms with Crippen LogP contribution in [0.3, 0.4) is 0 Å². The number of rotatable bonds is 2. The molecule has 7 heteroatoms. The third-order valence-corrected chi connectivity index (χ3v) is 4.26. The van der Waals surface area contributed by atoms with Crippen LogP contribution in [0.2, 0.25) is 0 Å². The van der Waals surface area contributed by atoms with Crippen LogP contribution in [-0.4, -0.2) is 30.8 Å². The van der Waals surface area contributed by atoms with Gasteiger partial charge in [0.05, 0.1) is 6.61 Å². The summed E-state index contributed by atoms with van der Waals surface area (Å²) in [6.07, 6.45) is 14.5. The van der Waals surface area contributed by atoms with Gasteiger partial charge in [0.15, 0.2) is 6.10 Å². The SMILES string of the molecule is C1CCCC1.C1CCCC1.CC(=O)O[C@H]1C[CH-]OC[C@H]1OC(C)=O.[Cl][Ti+3]. The summed E-state index contributed by atoms with van der Waals surface area (Å²) in [7, 11) is 4.64. The van der Waals surface area contributed by atoms with Crippen LogP contribution in [-0.2, 0) is 43.2 Å². The molecular weight excluding hydrogens is 392 g/mol. The fourth-order valence-electron chi connectivity index (χ4n) is 3.01. The van der Waals surface area contributed by atoms with Crippen molar-refractivity contribution in [2.24, 2.45) is 0 Å². The molecule has 1 saturated heterocycles. The van der Waals surface area contributed by atoms with Gasteiger partial charge < -0.3 is 14.2 Å². The number of carbonyl (C=O) groups excluding carboxylic acids is 2. The average molecular weight is 425 g/mol. The van der Waals surface area contributed by atoms with E-state index in [9.17, 15) is 9.59 Å². The van der Waals surface area contributed by atoms with Crippen molar-refractivity contribution >= 4 is 21.2 Å². The molecule has 0 unspecified atom stereocenters. The second kappa shape index (κ2) is 18.3. The van der Waals surface area contributed by atoms with Crippen LogP contribution < -0.4 is 0 Å². The van der Waals surface area contributed by atoms with Gasteiger partial charge in [-0.15, -0.1) is 6.42 Å². The first-order valence-electron chi connectivity index (χ1n) is 9.56. The summed E-state index contributed by atoms with van der Waals surface area (Å²) in [6, 6.07) is 0. The van der Waals surface area contributed by atoms with Crippen molar-refractivity contribution in [2.75, 3.05) is 6.61 Å². The second-order valence-corrected chi connectivity index (χ2v) is 6.57. The zero-order valence-corrected chi connectivity index (χ0v) is 18.5. The molecule has 5 nitrogen and oxygen atoms in total. The van der Waals surface area contributed by atoms with Crippen LogP contribution in [0.1, 0.15) is 84.5 Å². The summed E-state index contributed by atoms with van der Waals surface area (Å²) in [5.74, 6) is -0.792. The molecular formula is C19H33ClO5Ti+2. The molecule has 0 radical (unpaired) electrons. The van der Waals surface area contributed by atoms with Gasteiger partial charge in [-0.3, -0.25) is 9.59 Å². The molecule has 0 spiro atoms. The molecule has 0 bridgehead atoms. The molecule has 2 atom stereocenters. The third kappa shape index (κ3) is 15.0. The molecule has 0 amide bonds. The van der Waals surface area contributed by atoms with Crippen molar-refractivity contribution < 1.29 is 43.2 Å². The summed E-state index contributed by atoms with van der Waals surface area (Å²) < 4.78 is 14.9. The van der Waals surface area contributed by atoms with E-state index < -0.39 is 18.2 Å². The van der Waals surface area contributed by atoms with Crippen LogP contribution in [0.15, 0.2) is 0 Å². The monoisotopic (exact) mass is 424 g/mol. The Labute approximate surface area is 174 Å². The molecule has 1 aliphatic heterocycles. The Morgan fingerprint density at radius 2 is 1.15 bits per heavy atom. The Bertz CT molecular complexity index is 311. The fourth-order valence-corrected chi connectivity index (χ4v) is 3.01. The minimum absolute atomic E-state index is 0.234. The van der Waals surface area contributed by atoms with Gasteiger partial charge in [0.1, 0.15) is 6.10 Å². The maximum atomic E-state index is 10.7. The number of hydrogen-bond donors (Lipinski definition) is 0. The van der Waals surface area contributed by atoms with Gasteiger partial charge in [-0.25, -0.2) is 6.61 Å². The van der Waals surface area contributed by atoms with Gasteiger partial charge in [-0.2, -0.15) is 0 Å². The fraction of sp³-hybridized carbons (Fsp3) is 0.842. The first-order valence-corrected chi connectivity index (χ1v) is 11.7. The zero-order chi connectivity index (χ0) is 19.6. The minimum atomic E-state index is -0.499. The number of hydrogen-bond acceptors (Lipinski definition) is 5. The molecule has 1 heterocycles. The molecule has 0 N–H and O–H groups in total. The van der Waals surface area contributed by atoms with Crippen LogP contribution in [0, 0.1) is 6.61 Å². The standard InChI is InChI=1S/C9H13O5.2C5H10.ClH.Ti/c1-6(10)13-8-3-4-12-5-9(8)14-7(2)11;2*1-2-4-5-3-1;;/h4,8-9H,3,5H2,1-2H3;2*1-5H2;1H;/q-1;;;;+4/p-1/t8-,9+;;;;/m0..../s1. The molecule has 2 aliphatic carbocycles. The summed E-state index contributed by atoms with van der Waals surface area (Å²) in [4.78, 5) is 21.4. The molecule has 3 aliphatic rings. The molecule has 0 aromatic heterocycles. The van der Waals surface area contributed by atoms with Crippen LogP contribution in [0.25, 0.3) is 0 Å². The number of halogens is 1. The maximum absolute atomic E-state index is 10.7. The normalized spacial score (nSPS) is 23.9. The van der Waals surface area contributed by atoms with E-state index in [4.69, 9.17) is 14.2 Å². The van der Waals surface area contributed by atoms with E-state index in [1.807, 2.05) is 0 Å². The van der Waals surface area contributed by atoms with Gasteiger partial charge in [-0.1, -0.05) is 64.2 Å². The quantitative estimate of drug-likeness (QED) is 0.354. The number of esters is 2. The Kier molecular flexibility index (Phi) is 18.2. The molecule has 2 saturated carbocycles. The number of ether oxygens (including phenoxy) is 3. The predicted octanol–water partition coefficient (Wildman–Crippen LogP) is 5.02. The molecule has 0 aromatic carbocycles. The Morgan fingerprint density at radius 1 is 0.808 bits per heavy atom. The Morgan fingerprint density at radius 3 is 1.50 bits per heavy atom. The average Bonchev–Trinajstić information content (AvgIpc) is 3.36. The van der Waals surface area contributed by atoms with Crippen molar-refractivity contribution in [3.8, 4) is 0 Å². The van der Waals surface area contributed by atoms with E-state index in [1.54, 1.807) is 6.61 Å². The van der Waals surface area contributed by atoms with Gasteiger partial charge in [0.2, 0.25) is 0 Å². The third-order valence-electron chi connectivity index (χ3n) is 4.26. The zero-order valence-electron chi connectivity index (χ0n) is 16.1. The van der Waals surface area contributed by atoms with Crippen LogP contribution in [0.5, 0.6) is 0 Å². The van der Waals surface area contributed by atoms with Gasteiger partial charge in [0, 0.05) is 13.8 Å². The van der Waals surface area contributed by atoms with E-state index in [0.29, 0.717) is 6.42 Å². The molecule has 148 valence electrons. The van der Waals surface area contributed by atoms with Crippen molar-refractivity contribution in [2.45, 2.75) is 96.7 Å². The Balaban J connectivity index is 0.000000421. The topological polar surface area (TPSA) is 61.8 Å². The summed E-state index contributed by atoms with van der Waals surface area (Å²) in [5, 5.41) is 0. The van der Waals surface area contributed by atoms with Crippen LogP contribution in [0.4, 0.5) is 0 Å². The summed E-state index contributed by atoms with van der Waals surface area (Å²) in [5.41, 5.74) is 0. The molecule has 3 rings (SSSR count). The Hall–Kier alpha value is -0.0957. The van der Waals surface area contributed by atoms with Crippen molar-refractivity contribution in [3.05, 3.63) is 6.61 Å². The van der Waals surface area contributed by atoms with Gasteiger partial charge >= 0.3 is 40.6 Å². The van der Waals surface area contributed by atoms with Gasteiger partial charge in [-0.05, 0) is 0 Å². The molecule has 3 fully saturated rings. The van der Waals surface area contributed by atoms with Crippen LogP contribution >= 0.6 is 9.30 Å². The summed E-state index contributed by atoms with van der Waals surface area (Å²) in [6.45, 7) is 4.41. The van der Waals surface area contributed by atoms with E-state index >= 15 is 0 Å². The van der Waals surface area contributed by atoms with Crippen molar-refractivity contribution in [1.29, 1.82) is 0 Å². The number of carbonyl (C=O) groups is 2. The van der Waals surface area contributed by atoms with Crippen molar-refractivity contribution in [1.82, 2.24) is 0 Å². The van der Waals surface area contributed by atoms with Crippen molar-refractivity contribution in [3.63, 3.8) is 0 Å². The second-order valence-electron chi connectivity index (χ2n) is 6.57. The molecule has 26 heavy (non-hydrogen) atoms. The van der Waals surface area contributed by atoms with E-state index in [-0.39, 0.29) is 12.6 Å². The summed E-state index contributed by atoms with van der Waals surface area (Å²) >= 11 is 1.47. The molecule has 0 aromatic rings. The first kappa shape index (κ1) is 25.9. The van der Waals surface area contributed by atoms with E-state index in [2.05, 4.69) is 9.30 Å². The van der Waals surface area contributed by atoms with E-state index in [0.717, 1.165) is 0 Å². The van der Waals surface area contributed by atoms with Gasteiger partial charge in [0.25, 0.3) is 0 Å². The van der Waals surface area contributed by atoms with E-state index in [1.165, 1.54) is 97.4 Å².